The number of hydrogen-bond donors (Lipinski definition) is 1. The fraction of sp³-hybridized carbons (Fsp3) is 0. The van der Waals surface area contributed by atoms with E-state index in [1.807, 2.05) is 0 Å². The van der Waals surface area contributed by atoms with Gasteiger partial charge in [-0.3, -0.25) is 14.9 Å². The molecule has 0 heterocycles. The van der Waals surface area contributed by atoms with E-state index in [1.165, 1.54) is 12.1 Å². The monoisotopic (exact) mass is 480 g/mol. The fourth-order valence-electron chi connectivity index (χ4n) is 1.57. The minimum absolute atomic E-state index is 0.117. The molecule has 0 atom stereocenters. The van der Waals surface area contributed by atoms with E-state index in [-0.39, 0.29) is 11.6 Å². The Bertz CT molecular complexity index is 739. The summed E-state index contributed by atoms with van der Waals surface area (Å²) in [4.78, 5) is 22.4. The Labute approximate surface area is 147 Å². The van der Waals surface area contributed by atoms with Crippen LogP contribution in [0.1, 0.15) is 10.4 Å². The zero-order chi connectivity index (χ0) is 15.6. The molecule has 0 aromatic heterocycles. The molecular weight excluding hydrogens is 474 g/mol. The van der Waals surface area contributed by atoms with Crippen LogP contribution in [0.3, 0.4) is 0 Å². The molecule has 2 rings (SSSR count). The lowest BCUT2D eigenvalue weighted by Crippen LogP contribution is -2.12. The molecule has 0 aliphatic rings. The van der Waals surface area contributed by atoms with Crippen LogP contribution in [-0.4, -0.2) is 10.8 Å². The molecule has 0 bridgehead atoms. The maximum atomic E-state index is 12.1. The number of benzene rings is 2. The molecular formula is C13H7BrClIN2O3. The Kier molecular flexibility index (Phi) is 5.17. The highest BCUT2D eigenvalue weighted by molar-refractivity contribution is 14.1. The highest BCUT2D eigenvalue weighted by atomic mass is 127. The zero-order valence-electron chi connectivity index (χ0n) is 10.3. The maximum absolute atomic E-state index is 12.1. The second-order valence-electron chi connectivity index (χ2n) is 4.01. The molecule has 0 saturated heterocycles. The average Bonchev–Trinajstić information content (AvgIpc) is 2.43. The lowest BCUT2D eigenvalue weighted by atomic mass is 10.2. The summed E-state index contributed by atoms with van der Waals surface area (Å²) in [5, 5.41) is 13.9. The van der Waals surface area contributed by atoms with Gasteiger partial charge in [-0.15, -0.1) is 0 Å². The number of halogens is 3. The number of hydrogen-bond acceptors (Lipinski definition) is 3. The standard InChI is InChI=1S/C13H7BrClIN2O3/c14-9-3-2-8(6-12(9)18(20)21)17-13(19)7-1-4-11(16)10(15)5-7/h1-6H,(H,17,19). The number of nitro benzene ring substituents is 1. The van der Waals surface area contributed by atoms with Gasteiger partial charge in [0.15, 0.2) is 0 Å². The minimum Gasteiger partial charge on any atom is -0.322 e. The number of carbonyl (C=O) groups is 1. The number of nitro groups is 1. The van der Waals surface area contributed by atoms with Crippen LogP contribution in [0.2, 0.25) is 5.02 Å². The summed E-state index contributed by atoms with van der Waals surface area (Å²) >= 11 is 11.1. The molecule has 0 unspecified atom stereocenters. The third-order valence-electron chi connectivity index (χ3n) is 2.58. The molecule has 2 aromatic carbocycles. The molecule has 2 aromatic rings. The first-order chi connectivity index (χ1) is 9.88. The van der Waals surface area contributed by atoms with E-state index >= 15 is 0 Å². The maximum Gasteiger partial charge on any atom is 0.285 e. The van der Waals surface area contributed by atoms with Crippen LogP contribution in [0.25, 0.3) is 0 Å². The first-order valence-electron chi connectivity index (χ1n) is 5.59. The van der Waals surface area contributed by atoms with Crippen molar-refractivity contribution in [2.24, 2.45) is 0 Å². The topological polar surface area (TPSA) is 72.2 Å². The number of rotatable bonds is 3. The van der Waals surface area contributed by atoms with Gasteiger partial charge in [0.1, 0.15) is 0 Å². The van der Waals surface area contributed by atoms with Crippen LogP contribution < -0.4 is 5.32 Å². The number of anilines is 1. The zero-order valence-corrected chi connectivity index (χ0v) is 14.8. The van der Waals surface area contributed by atoms with Crippen molar-refractivity contribution in [3.05, 3.63) is 65.1 Å². The summed E-state index contributed by atoms with van der Waals surface area (Å²) in [7, 11) is 0. The molecule has 0 aliphatic carbocycles. The lowest BCUT2D eigenvalue weighted by molar-refractivity contribution is -0.385. The smallest absolute Gasteiger partial charge is 0.285 e. The van der Waals surface area contributed by atoms with Crippen molar-refractivity contribution >= 4 is 67.4 Å². The molecule has 0 radical (unpaired) electrons. The summed E-state index contributed by atoms with van der Waals surface area (Å²) in [5.74, 6) is -0.384. The van der Waals surface area contributed by atoms with Crippen LogP contribution in [0.15, 0.2) is 40.9 Å². The van der Waals surface area contributed by atoms with Gasteiger partial charge in [-0.25, -0.2) is 0 Å². The number of amides is 1. The Balaban J connectivity index is 2.25. The van der Waals surface area contributed by atoms with Gasteiger partial charge in [0.2, 0.25) is 0 Å². The normalized spacial score (nSPS) is 10.2. The van der Waals surface area contributed by atoms with Gasteiger partial charge in [-0.1, -0.05) is 11.6 Å². The summed E-state index contributed by atoms with van der Waals surface area (Å²) in [6.07, 6.45) is 0. The van der Waals surface area contributed by atoms with Gasteiger partial charge >= 0.3 is 0 Å². The SMILES string of the molecule is O=C(Nc1ccc(Br)c([N+](=O)[O-])c1)c1ccc(I)c(Cl)c1. The van der Waals surface area contributed by atoms with Gasteiger partial charge < -0.3 is 5.32 Å². The van der Waals surface area contributed by atoms with Gasteiger partial charge in [-0.2, -0.15) is 0 Å². The van der Waals surface area contributed by atoms with E-state index in [4.69, 9.17) is 11.6 Å². The number of nitrogens with one attached hydrogen (secondary N) is 1. The molecule has 5 nitrogen and oxygen atoms in total. The second-order valence-corrected chi connectivity index (χ2v) is 6.43. The predicted molar refractivity (Wildman–Crippen MR) is 92.9 cm³/mol. The summed E-state index contributed by atoms with van der Waals surface area (Å²) in [6, 6.07) is 9.28. The van der Waals surface area contributed by atoms with E-state index < -0.39 is 4.92 Å². The summed E-state index contributed by atoms with van der Waals surface area (Å²) in [5.41, 5.74) is 0.601. The van der Waals surface area contributed by atoms with Gasteiger partial charge in [0.25, 0.3) is 11.6 Å². The molecule has 1 amide bonds. The van der Waals surface area contributed by atoms with Crippen LogP contribution in [0.4, 0.5) is 11.4 Å². The minimum atomic E-state index is -0.526. The van der Waals surface area contributed by atoms with Crippen molar-refractivity contribution in [3.63, 3.8) is 0 Å². The third kappa shape index (κ3) is 3.92. The van der Waals surface area contributed by atoms with Crippen molar-refractivity contribution < 1.29 is 9.72 Å². The van der Waals surface area contributed by atoms with Gasteiger partial charge in [0.05, 0.1) is 14.4 Å². The Morgan fingerprint density at radius 3 is 2.62 bits per heavy atom. The van der Waals surface area contributed by atoms with Crippen molar-refractivity contribution in [1.82, 2.24) is 0 Å². The molecule has 8 heteroatoms. The Hall–Kier alpha value is -1.19. The van der Waals surface area contributed by atoms with Crippen molar-refractivity contribution in [3.8, 4) is 0 Å². The average molecular weight is 481 g/mol. The van der Waals surface area contributed by atoms with Crippen molar-refractivity contribution in [1.29, 1.82) is 0 Å². The van der Waals surface area contributed by atoms with Crippen LogP contribution in [0.5, 0.6) is 0 Å². The first kappa shape index (κ1) is 16.2. The quantitative estimate of drug-likeness (QED) is 0.386. The fourth-order valence-corrected chi connectivity index (χ4v) is 2.48. The van der Waals surface area contributed by atoms with E-state index in [0.29, 0.717) is 20.7 Å². The second kappa shape index (κ2) is 6.71. The Morgan fingerprint density at radius 1 is 1.29 bits per heavy atom. The van der Waals surface area contributed by atoms with E-state index in [9.17, 15) is 14.9 Å². The van der Waals surface area contributed by atoms with E-state index in [1.54, 1.807) is 24.3 Å². The molecule has 1 N–H and O–H groups in total. The van der Waals surface area contributed by atoms with Crippen LogP contribution in [0, 0.1) is 13.7 Å². The number of carbonyl (C=O) groups excluding carboxylic acids is 1. The van der Waals surface area contributed by atoms with E-state index in [0.717, 1.165) is 3.57 Å². The van der Waals surface area contributed by atoms with Crippen LogP contribution >= 0.6 is 50.1 Å². The summed E-state index contributed by atoms with van der Waals surface area (Å²) < 4.78 is 1.19. The third-order valence-corrected chi connectivity index (χ3v) is 4.83. The van der Waals surface area contributed by atoms with Gasteiger partial charge in [-0.05, 0) is 68.9 Å². The molecule has 21 heavy (non-hydrogen) atoms. The number of nitrogens with zero attached hydrogens (tertiary/aromatic N) is 1. The highest BCUT2D eigenvalue weighted by Gasteiger charge is 2.14. The molecule has 0 saturated carbocycles. The summed E-state index contributed by atoms with van der Waals surface area (Å²) in [6.45, 7) is 0. The first-order valence-corrected chi connectivity index (χ1v) is 7.84. The van der Waals surface area contributed by atoms with Crippen molar-refractivity contribution in [2.45, 2.75) is 0 Å². The highest BCUT2D eigenvalue weighted by Crippen LogP contribution is 2.28. The molecule has 0 fully saturated rings. The Morgan fingerprint density at radius 2 is 2.00 bits per heavy atom. The largest absolute Gasteiger partial charge is 0.322 e. The molecule has 0 spiro atoms. The predicted octanol–water partition coefficient (Wildman–Crippen LogP) is 4.87. The van der Waals surface area contributed by atoms with Crippen molar-refractivity contribution in [2.75, 3.05) is 5.32 Å². The van der Waals surface area contributed by atoms with Gasteiger partial charge in [0, 0.05) is 20.9 Å². The van der Waals surface area contributed by atoms with Crippen LogP contribution in [-0.2, 0) is 0 Å². The van der Waals surface area contributed by atoms with E-state index in [2.05, 4.69) is 43.8 Å². The molecule has 0 aliphatic heterocycles. The molecule has 108 valence electrons. The lowest BCUT2D eigenvalue weighted by Gasteiger charge is -2.07.